The molecule has 8 heteroatoms. The Labute approximate surface area is 104 Å². The number of hydrogen-bond acceptors (Lipinski definition) is 7. The van der Waals surface area contributed by atoms with Crippen LogP contribution in [0.15, 0.2) is 0 Å². The fourth-order valence-electron chi connectivity index (χ4n) is 1.01. The van der Waals surface area contributed by atoms with Gasteiger partial charge in [0.05, 0.1) is 6.61 Å². The van der Waals surface area contributed by atoms with Gasteiger partial charge < -0.3 is 19.9 Å². The van der Waals surface area contributed by atoms with Crippen LogP contribution in [0.2, 0.25) is 5.28 Å². The molecule has 0 amide bonds. The summed E-state index contributed by atoms with van der Waals surface area (Å²) < 4.78 is 15.3. The molecule has 17 heavy (non-hydrogen) atoms. The molecule has 0 aliphatic rings. The van der Waals surface area contributed by atoms with Crippen LogP contribution in [0.3, 0.4) is 0 Å². The SMILES string of the molecule is COCCCOCCOc1nc(N)nc(Cl)n1. The van der Waals surface area contributed by atoms with E-state index in [1.807, 2.05) is 0 Å². The van der Waals surface area contributed by atoms with Crippen molar-refractivity contribution in [3.05, 3.63) is 5.28 Å². The highest BCUT2D eigenvalue weighted by Crippen LogP contribution is 2.08. The summed E-state index contributed by atoms with van der Waals surface area (Å²) in [6, 6.07) is 0.1000. The Hall–Kier alpha value is -1.18. The zero-order valence-corrected chi connectivity index (χ0v) is 10.3. The number of ether oxygens (including phenoxy) is 3. The third-order valence-electron chi connectivity index (χ3n) is 1.70. The fourth-order valence-corrected chi connectivity index (χ4v) is 1.17. The first-order valence-electron chi connectivity index (χ1n) is 5.09. The van der Waals surface area contributed by atoms with E-state index in [1.54, 1.807) is 7.11 Å². The molecule has 0 radical (unpaired) electrons. The maximum absolute atomic E-state index is 5.58. The van der Waals surface area contributed by atoms with Crippen LogP contribution >= 0.6 is 11.6 Å². The largest absolute Gasteiger partial charge is 0.461 e. The van der Waals surface area contributed by atoms with Crippen molar-refractivity contribution >= 4 is 17.5 Å². The van der Waals surface area contributed by atoms with Gasteiger partial charge >= 0.3 is 6.01 Å². The van der Waals surface area contributed by atoms with Crippen molar-refractivity contribution in [2.24, 2.45) is 0 Å². The number of hydrogen-bond donors (Lipinski definition) is 1. The fraction of sp³-hybridized carbons (Fsp3) is 0.667. The highest BCUT2D eigenvalue weighted by atomic mass is 35.5. The summed E-state index contributed by atoms with van der Waals surface area (Å²) in [5, 5.41) is 0.00788. The molecule has 0 unspecified atom stereocenters. The number of halogens is 1. The molecule has 0 fully saturated rings. The van der Waals surface area contributed by atoms with Gasteiger partial charge in [-0.3, -0.25) is 0 Å². The smallest absolute Gasteiger partial charge is 0.322 e. The van der Waals surface area contributed by atoms with Gasteiger partial charge in [0.15, 0.2) is 0 Å². The van der Waals surface area contributed by atoms with Crippen LogP contribution in [0.25, 0.3) is 0 Å². The molecule has 1 aromatic heterocycles. The van der Waals surface area contributed by atoms with Crippen molar-refractivity contribution in [1.29, 1.82) is 0 Å². The molecule has 1 rings (SSSR count). The first-order valence-corrected chi connectivity index (χ1v) is 5.46. The molecular weight excluding hydrogens is 248 g/mol. The Balaban J connectivity index is 2.13. The lowest BCUT2D eigenvalue weighted by molar-refractivity contribution is 0.0783. The molecule has 2 N–H and O–H groups in total. The minimum atomic E-state index is 0.00788. The van der Waals surface area contributed by atoms with Crippen LogP contribution in [0.5, 0.6) is 6.01 Å². The van der Waals surface area contributed by atoms with Crippen molar-refractivity contribution in [3.8, 4) is 6.01 Å². The topological polar surface area (TPSA) is 92.4 Å². The summed E-state index contributed by atoms with van der Waals surface area (Å²) in [6.07, 6.45) is 0.848. The minimum Gasteiger partial charge on any atom is -0.461 e. The third-order valence-corrected chi connectivity index (χ3v) is 1.87. The van der Waals surface area contributed by atoms with Gasteiger partial charge in [0.2, 0.25) is 11.2 Å². The number of nitrogens with zero attached hydrogens (tertiary/aromatic N) is 3. The average molecular weight is 263 g/mol. The van der Waals surface area contributed by atoms with Crippen molar-refractivity contribution in [2.45, 2.75) is 6.42 Å². The van der Waals surface area contributed by atoms with Crippen LogP contribution in [0.1, 0.15) is 6.42 Å². The molecule has 7 nitrogen and oxygen atoms in total. The summed E-state index contributed by atoms with van der Waals surface area (Å²) in [6.45, 7) is 2.07. The molecule has 0 aromatic carbocycles. The van der Waals surface area contributed by atoms with Crippen molar-refractivity contribution in [2.75, 3.05) is 39.3 Å². The van der Waals surface area contributed by atoms with E-state index in [4.69, 9.17) is 31.5 Å². The molecule has 1 aromatic rings. The summed E-state index contributed by atoms with van der Waals surface area (Å²) in [5.74, 6) is 0.0287. The molecule has 0 aliphatic carbocycles. The van der Waals surface area contributed by atoms with Gasteiger partial charge in [-0.05, 0) is 18.0 Å². The van der Waals surface area contributed by atoms with Gasteiger partial charge in [0.1, 0.15) is 6.61 Å². The summed E-state index contributed by atoms with van der Waals surface area (Å²) >= 11 is 5.58. The molecule has 1 heterocycles. The van der Waals surface area contributed by atoms with E-state index in [1.165, 1.54) is 0 Å². The predicted molar refractivity (Wildman–Crippen MR) is 62.1 cm³/mol. The molecule has 0 saturated carbocycles. The van der Waals surface area contributed by atoms with E-state index < -0.39 is 0 Å². The molecule has 0 bridgehead atoms. The van der Waals surface area contributed by atoms with Crippen LogP contribution in [0.4, 0.5) is 5.95 Å². The summed E-state index contributed by atoms with van der Waals surface area (Å²) in [7, 11) is 1.65. The maximum Gasteiger partial charge on any atom is 0.322 e. The zero-order valence-electron chi connectivity index (χ0n) is 9.56. The average Bonchev–Trinajstić information content (AvgIpc) is 2.26. The van der Waals surface area contributed by atoms with E-state index in [0.717, 1.165) is 6.42 Å². The van der Waals surface area contributed by atoms with E-state index in [9.17, 15) is 0 Å². The van der Waals surface area contributed by atoms with E-state index in [0.29, 0.717) is 26.4 Å². The molecule has 96 valence electrons. The number of nitrogens with two attached hydrogens (primary N) is 1. The zero-order chi connectivity index (χ0) is 12.5. The van der Waals surface area contributed by atoms with Crippen LogP contribution in [-0.4, -0.2) is 48.5 Å². The molecule has 0 atom stereocenters. The van der Waals surface area contributed by atoms with Gasteiger partial charge in [0, 0.05) is 20.3 Å². The van der Waals surface area contributed by atoms with E-state index >= 15 is 0 Å². The number of methoxy groups -OCH3 is 1. The first kappa shape index (κ1) is 13.9. The lowest BCUT2D eigenvalue weighted by Gasteiger charge is -2.05. The van der Waals surface area contributed by atoms with E-state index in [-0.39, 0.29) is 17.2 Å². The summed E-state index contributed by atoms with van der Waals surface area (Å²) in [5.41, 5.74) is 5.37. The van der Waals surface area contributed by atoms with Crippen molar-refractivity contribution < 1.29 is 14.2 Å². The molecular formula is C9H15ClN4O3. The van der Waals surface area contributed by atoms with Crippen molar-refractivity contribution in [3.63, 3.8) is 0 Å². The standard InChI is InChI=1S/C9H15ClN4O3/c1-15-3-2-4-16-5-6-17-9-13-7(10)12-8(11)14-9/h2-6H2,1H3,(H2,11,12,13,14). The highest BCUT2D eigenvalue weighted by molar-refractivity contribution is 6.28. The second-order valence-electron chi connectivity index (χ2n) is 3.05. The van der Waals surface area contributed by atoms with Crippen LogP contribution in [0, 0.1) is 0 Å². The Morgan fingerprint density at radius 1 is 1.12 bits per heavy atom. The Morgan fingerprint density at radius 2 is 1.94 bits per heavy atom. The van der Waals surface area contributed by atoms with Gasteiger partial charge in [-0.1, -0.05) is 0 Å². The Morgan fingerprint density at radius 3 is 2.65 bits per heavy atom. The minimum absolute atomic E-state index is 0.00788. The third kappa shape index (κ3) is 6.20. The molecule has 0 spiro atoms. The van der Waals surface area contributed by atoms with E-state index in [2.05, 4.69) is 15.0 Å². The van der Waals surface area contributed by atoms with Gasteiger partial charge in [-0.2, -0.15) is 15.0 Å². The second-order valence-corrected chi connectivity index (χ2v) is 3.39. The van der Waals surface area contributed by atoms with Crippen LogP contribution < -0.4 is 10.5 Å². The van der Waals surface area contributed by atoms with Gasteiger partial charge in [0.25, 0.3) is 0 Å². The second kappa shape index (κ2) is 7.99. The first-order chi connectivity index (χ1) is 8.22. The lowest BCUT2D eigenvalue weighted by atomic mass is 10.5. The van der Waals surface area contributed by atoms with Crippen molar-refractivity contribution in [1.82, 2.24) is 15.0 Å². The molecule has 0 saturated heterocycles. The maximum atomic E-state index is 5.58. The normalized spacial score (nSPS) is 10.5. The highest BCUT2D eigenvalue weighted by Gasteiger charge is 2.02. The number of nitrogen functional groups attached to an aromatic ring is 1. The lowest BCUT2D eigenvalue weighted by Crippen LogP contribution is -2.11. The van der Waals surface area contributed by atoms with Gasteiger partial charge in [-0.25, -0.2) is 0 Å². The Bertz CT molecular complexity index is 320. The van der Waals surface area contributed by atoms with Crippen LogP contribution in [-0.2, 0) is 9.47 Å². The number of anilines is 1. The predicted octanol–water partition coefficient (Wildman–Crippen LogP) is 0.539. The quantitative estimate of drug-likeness (QED) is 0.684. The molecule has 0 aliphatic heterocycles. The monoisotopic (exact) mass is 262 g/mol. The number of aromatic nitrogens is 3. The Kier molecular flexibility index (Phi) is 6.53. The van der Waals surface area contributed by atoms with Gasteiger partial charge in [-0.15, -0.1) is 0 Å². The number of rotatable bonds is 8. The summed E-state index contributed by atoms with van der Waals surface area (Å²) in [4.78, 5) is 11.1.